The summed E-state index contributed by atoms with van der Waals surface area (Å²) in [5.74, 6) is -1.28. The number of hydrogen-bond acceptors (Lipinski definition) is 6. The Hall–Kier alpha value is -2.57. The van der Waals surface area contributed by atoms with Gasteiger partial charge < -0.3 is 20.1 Å². The van der Waals surface area contributed by atoms with Crippen LogP contribution in [0.2, 0.25) is 0 Å². The van der Waals surface area contributed by atoms with E-state index < -0.39 is 12.1 Å². The van der Waals surface area contributed by atoms with E-state index in [4.69, 9.17) is 15.2 Å². The fourth-order valence-electron chi connectivity index (χ4n) is 2.99. The Balaban J connectivity index is 1.91. The second-order valence-electron chi connectivity index (χ2n) is 6.44. The molecular formula is C19H26N2O5. The predicted molar refractivity (Wildman–Crippen MR) is 96.4 cm³/mol. The number of hydrogen-bond donors (Lipinski definition) is 1. The number of nitrogens with two attached hydrogens (primary N) is 1. The molecule has 0 bridgehead atoms. The zero-order valence-electron chi connectivity index (χ0n) is 15.5. The van der Waals surface area contributed by atoms with Gasteiger partial charge in [-0.2, -0.15) is 0 Å². The monoisotopic (exact) mass is 362 g/mol. The number of nitrogens with zero attached hydrogens (tertiary/aromatic N) is 1. The summed E-state index contributed by atoms with van der Waals surface area (Å²) in [6, 6.07) is 5.09. The zero-order valence-corrected chi connectivity index (χ0v) is 15.5. The van der Waals surface area contributed by atoms with Crippen molar-refractivity contribution in [3.63, 3.8) is 0 Å². The van der Waals surface area contributed by atoms with Gasteiger partial charge in [-0.15, -0.1) is 0 Å². The number of ether oxygens (including phenoxy) is 2. The quantitative estimate of drug-likeness (QED) is 0.635. The first-order valence-corrected chi connectivity index (χ1v) is 8.86. The SMILES string of the molecule is CCOC(=O)C1CCN(C(=O)C(C)OC(=O)c2cccc(C)c2N)CC1. The Morgan fingerprint density at radius 2 is 1.92 bits per heavy atom. The molecule has 1 aliphatic rings. The molecule has 7 nitrogen and oxygen atoms in total. The number of esters is 2. The molecule has 7 heteroatoms. The van der Waals surface area contributed by atoms with Crippen molar-refractivity contribution < 1.29 is 23.9 Å². The van der Waals surface area contributed by atoms with Gasteiger partial charge in [-0.25, -0.2) is 4.79 Å². The van der Waals surface area contributed by atoms with Gasteiger partial charge in [0.15, 0.2) is 6.10 Å². The zero-order chi connectivity index (χ0) is 19.3. The lowest BCUT2D eigenvalue weighted by atomic mass is 9.96. The largest absolute Gasteiger partial charge is 0.466 e. The predicted octanol–water partition coefficient (Wildman–Crippen LogP) is 1.92. The maximum atomic E-state index is 12.5. The van der Waals surface area contributed by atoms with Crippen molar-refractivity contribution in [3.05, 3.63) is 29.3 Å². The Morgan fingerprint density at radius 1 is 1.27 bits per heavy atom. The maximum absolute atomic E-state index is 12.5. The fraction of sp³-hybridized carbons (Fsp3) is 0.526. The molecule has 0 radical (unpaired) electrons. The topological polar surface area (TPSA) is 98.9 Å². The summed E-state index contributed by atoms with van der Waals surface area (Å²) in [4.78, 5) is 38.2. The Kier molecular flexibility index (Phi) is 6.60. The van der Waals surface area contributed by atoms with E-state index in [0.717, 1.165) is 5.56 Å². The number of carbonyl (C=O) groups excluding carboxylic acids is 3. The number of amides is 1. The van der Waals surface area contributed by atoms with Crippen molar-refractivity contribution in [2.24, 2.45) is 5.92 Å². The van der Waals surface area contributed by atoms with Gasteiger partial charge in [-0.05, 0) is 45.2 Å². The van der Waals surface area contributed by atoms with Crippen molar-refractivity contribution in [2.75, 3.05) is 25.4 Å². The summed E-state index contributed by atoms with van der Waals surface area (Å²) in [7, 11) is 0. The molecule has 142 valence electrons. The third-order valence-corrected chi connectivity index (χ3v) is 4.60. The average Bonchev–Trinajstić information content (AvgIpc) is 2.63. The van der Waals surface area contributed by atoms with Crippen molar-refractivity contribution in [3.8, 4) is 0 Å². The van der Waals surface area contributed by atoms with E-state index in [2.05, 4.69) is 0 Å². The van der Waals surface area contributed by atoms with Crippen LogP contribution in [-0.2, 0) is 19.1 Å². The van der Waals surface area contributed by atoms with Crippen LogP contribution in [0, 0.1) is 12.8 Å². The first kappa shape index (κ1) is 19.8. The minimum atomic E-state index is -0.915. The van der Waals surface area contributed by atoms with E-state index in [1.165, 1.54) is 0 Å². The highest BCUT2D eigenvalue weighted by molar-refractivity contribution is 5.97. The molecular weight excluding hydrogens is 336 g/mol. The second kappa shape index (κ2) is 8.69. The highest BCUT2D eigenvalue weighted by Gasteiger charge is 2.31. The summed E-state index contributed by atoms with van der Waals surface area (Å²) in [5, 5.41) is 0. The van der Waals surface area contributed by atoms with E-state index >= 15 is 0 Å². The highest BCUT2D eigenvalue weighted by atomic mass is 16.5. The van der Waals surface area contributed by atoms with E-state index in [0.29, 0.717) is 38.2 Å². The molecule has 1 unspecified atom stereocenters. The number of aryl methyl sites for hydroxylation is 1. The van der Waals surface area contributed by atoms with Crippen molar-refractivity contribution in [1.29, 1.82) is 0 Å². The normalized spacial score (nSPS) is 16.0. The fourth-order valence-corrected chi connectivity index (χ4v) is 2.99. The molecule has 1 aromatic carbocycles. The van der Waals surface area contributed by atoms with E-state index in [1.807, 2.05) is 0 Å². The van der Waals surface area contributed by atoms with Crippen molar-refractivity contribution in [2.45, 2.75) is 39.7 Å². The first-order chi connectivity index (χ1) is 12.3. The lowest BCUT2D eigenvalue weighted by Crippen LogP contribution is -2.45. The maximum Gasteiger partial charge on any atom is 0.341 e. The summed E-state index contributed by atoms with van der Waals surface area (Å²) in [5.41, 5.74) is 7.29. The minimum absolute atomic E-state index is 0.177. The average molecular weight is 362 g/mol. The van der Waals surface area contributed by atoms with Crippen LogP contribution in [-0.4, -0.2) is 48.5 Å². The van der Waals surface area contributed by atoms with Gasteiger partial charge in [0.2, 0.25) is 0 Å². The molecule has 1 fully saturated rings. The number of piperidine rings is 1. The number of carbonyl (C=O) groups is 3. The number of anilines is 1. The molecule has 1 aromatic rings. The van der Waals surface area contributed by atoms with Gasteiger partial charge in [0.1, 0.15) is 0 Å². The Morgan fingerprint density at radius 3 is 2.54 bits per heavy atom. The Bertz CT molecular complexity index is 681. The summed E-state index contributed by atoms with van der Waals surface area (Å²) in [6.07, 6.45) is 0.188. The molecule has 1 heterocycles. The first-order valence-electron chi connectivity index (χ1n) is 8.86. The van der Waals surface area contributed by atoms with Gasteiger partial charge in [-0.3, -0.25) is 9.59 Å². The Labute approximate surface area is 153 Å². The second-order valence-corrected chi connectivity index (χ2v) is 6.44. The van der Waals surface area contributed by atoms with Crippen LogP contribution in [0.25, 0.3) is 0 Å². The van der Waals surface area contributed by atoms with E-state index in [9.17, 15) is 14.4 Å². The smallest absolute Gasteiger partial charge is 0.341 e. The molecule has 2 rings (SSSR count). The molecule has 1 atom stereocenters. The van der Waals surface area contributed by atoms with Gasteiger partial charge in [0.05, 0.1) is 18.1 Å². The molecule has 1 amide bonds. The number of likely N-dealkylation sites (tertiary alicyclic amines) is 1. The third-order valence-electron chi connectivity index (χ3n) is 4.60. The summed E-state index contributed by atoms with van der Waals surface area (Å²) < 4.78 is 10.3. The van der Waals surface area contributed by atoms with Crippen LogP contribution in [0.3, 0.4) is 0 Å². The molecule has 0 spiro atoms. The standard InChI is InChI=1S/C19H26N2O5/c1-4-25-18(23)14-8-10-21(11-9-14)17(22)13(3)26-19(24)15-7-5-6-12(2)16(15)20/h5-7,13-14H,4,8-11,20H2,1-3H3. The van der Waals surface area contributed by atoms with Gasteiger partial charge in [-0.1, -0.05) is 12.1 Å². The third kappa shape index (κ3) is 4.53. The van der Waals surface area contributed by atoms with E-state index in [-0.39, 0.29) is 23.4 Å². The van der Waals surface area contributed by atoms with Crippen LogP contribution in [0.4, 0.5) is 5.69 Å². The molecule has 0 aromatic heterocycles. The van der Waals surface area contributed by atoms with Crippen LogP contribution in [0.15, 0.2) is 18.2 Å². The molecule has 1 aliphatic heterocycles. The minimum Gasteiger partial charge on any atom is -0.466 e. The summed E-state index contributed by atoms with van der Waals surface area (Å²) >= 11 is 0. The number of nitrogen functional groups attached to an aromatic ring is 1. The molecule has 0 aliphatic carbocycles. The number of para-hydroxylation sites is 1. The highest BCUT2D eigenvalue weighted by Crippen LogP contribution is 2.21. The van der Waals surface area contributed by atoms with Crippen LogP contribution in [0.5, 0.6) is 0 Å². The van der Waals surface area contributed by atoms with Gasteiger partial charge in [0, 0.05) is 18.8 Å². The molecule has 1 saturated heterocycles. The van der Waals surface area contributed by atoms with E-state index in [1.54, 1.807) is 43.9 Å². The molecule has 2 N–H and O–H groups in total. The number of benzene rings is 1. The van der Waals surface area contributed by atoms with Crippen molar-refractivity contribution in [1.82, 2.24) is 4.90 Å². The molecule has 0 saturated carbocycles. The van der Waals surface area contributed by atoms with Crippen LogP contribution in [0.1, 0.15) is 42.6 Å². The van der Waals surface area contributed by atoms with Crippen molar-refractivity contribution >= 4 is 23.5 Å². The lowest BCUT2D eigenvalue weighted by Gasteiger charge is -2.32. The van der Waals surface area contributed by atoms with Gasteiger partial charge in [0.25, 0.3) is 5.91 Å². The molecule has 26 heavy (non-hydrogen) atoms. The lowest BCUT2D eigenvalue weighted by molar-refractivity contribution is -0.152. The van der Waals surface area contributed by atoms with Gasteiger partial charge >= 0.3 is 11.9 Å². The number of rotatable bonds is 5. The summed E-state index contributed by atoms with van der Waals surface area (Å²) in [6.45, 7) is 6.35. The van der Waals surface area contributed by atoms with Crippen LogP contribution >= 0.6 is 0 Å². The van der Waals surface area contributed by atoms with Crippen LogP contribution < -0.4 is 5.73 Å².